The van der Waals surface area contributed by atoms with E-state index in [0.29, 0.717) is 5.56 Å². The highest BCUT2D eigenvalue weighted by Gasteiger charge is 2.07. The molecule has 0 fully saturated rings. The van der Waals surface area contributed by atoms with E-state index in [1.54, 1.807) is 17.0 Å². The Kier molecular flexibility index (Phi) is 3.09. The van der Waals surface area contributed by atoms with Crippen LogP contribution < -0.4 is 4.90 Å². The first-order valence-electron chi connectivity index (χ1n) is 4.20. The number of aliphatic hydroxyl groups is 1. The molecule has 0 saturated carbocycles. The highest BCUT2D eigenvalue weighted by atomic mass is 16.4. The van der Waals surface area contributed by atoms with E-state index in [9.17, 15) is 4.79 Å². The number of carboxylic acid groups (broad SMARTS) is 1. The van der Waals surface area contributed by atoms with Crippen LogP contribution in [0.2, 0.25) is 0 Å². The van der Waals surface area contributed by atoms with E-state index in [0.717, 1.165) is 5.69 Å². The lowest BCUT2D eigenvalue weighted by molar-refractivity contribution is 0.0696. The van der Waals surface area contributed by atoms with Crippen molar-refractivity contribution in [1.82, 2.24) is 0 Å². The molecule has 0 aromatic heterocycles. The monoisotopic (exact) mass is 195 g/mol. The Morgan fingerprint density at radius 1 is 1.36 bits per heavy atom. The van der Waals surface area contributed by atoms with Gasteiger partial charge in [-0.15, -0.1) is 0 Å². The van der Waals surface area contributed by atoms with Gasteiger partial charge in [0.2, 0.25) is 0 Å². The van der Waals surface area contributed by atoms with Crippen LogP contribution in [0.4, 0.5) is 5.69 Å². The third-order valence-corrected chi connectivity index (χ3v) is 1.92. The lowest BCUT2D eigenvalue weighted by Crippen LogP contribution is -2.10. The zero-order chi connectivity index (χ0) is 10.7. The highest BCUT2D eigenvalue weighted by Crippen LogP contribution is 2.17. The van der Waals surface area contributed by atoms with E-state index in [1.807, 2.05) is 14.1 Å². The van der Waals surface area contributed by atoms with Gasteiger partial charge in [0.1, 0.15) is 0 Å². The standard InChI is InChI=1S/C10H13NO3/c1-11(2)9-4-7(6-12)3-8(5-9)10(13)14/h3-5,12H,6H2,1-2H3,(H,13,14). The zero-order valence-corrected chi connectivity index (χ0v) is 8.19. The highest BCUT2D eigenvalue weighted by molar-refractivity contribution is 5.89. The molecule has 1 aromatic carbocycles. The summed E-state index contributed by atoms with van der Waals surface area (Å²) in [6.45, 7) is -0.151. The summed E-state index contributed by atoms with van der Waals surface area (Å²) < 4.78 is 0. The van der Waals surface area contributed by atoms with Crippen LogP contribution in [0.5, 0.6) is 0 Å². The molecule has 1 rings (SSSR count). The van der Waals surface area contributed by atoms with Crippen molar-refractivity contribution < 1.29 is 15.0 Å². The van der Waals surface area contributed by atoms with E-state index < -0.39 is 5.97 Å². The summed E-state index contributed by atoms with van der Waals surface area (Å²) in [7, 11) is 3.64. The molecule has 0 aliphatic rings. The maximum atomic E-state index is 10.7. The fourth-order valence-electron chi connectivity index (χ4n) is 1.15. The lowest BCUT2D eigenvalue weighted by Gasteiger charge is -2.14. The van der Waals surface area contributed by atoms with Crippen molar-refractivity contribution in [3.63, 3.8) is 0 Å². The molecule has 14 heavy (non-hydrogen) atoms. The number of benzene rings is 1. The number of hydrogen-bond acceptors (Lipinski definition) is 3. The second-order valence-corrected chi connectivity index (χ2v) is 3.25. The van der Waals surface area contributed by atoms with Crippen molar-refractivity contribution in [2.45, 2.75) is 6.61 Å². The van der Waals surface area contributed by atoms with Crippen LogP contribution >= 0.6 is 0 Å². The first-order chi connectivity index (χ1) is 6.54. The molecule has 2 N–H and O–H groups in total. The maximum Gasteiger partial charge on any atom is 0.335 e. The van der Waals surface area contributed by atoms with Crippen LogP contribution in [0.15, 0.2) is 18.2 Å². The minimum absolute atomic E-state index is 0.151. The van der Waals surface area contributed by atoms with Crippen molar-refractivity contribution in [1.29, 1.82) is 0 Å². The van der Waals surface area contributed by atoms with Gasteiger partial charge < -0.3 is 15.1 Å². The molecule has 0 heterocycles. The summed E-state index contributed by atoms with van der Waals surface area (Å²) in [5.74, 6) is -0.983. The number of aliphatic hydroxyl groups excluding tert-OH is 1. The first kappa shape index (κ1) is 10.5. The fraction of sp³-hybridized carbons (Fsp3) is 0.300. The lowest BCUT2D eigenvalue weighted by atomic mass is 10.1. The van der Waals surface area contributed by atoms with Crippen LogP contribution in [0.25, 0.3) is 0 Å². The molecule has 0 atom stereocenters. The van der Waals surface area contributed by atoms with Crippen molar-refractivity contribution in [2.24, 2.45) is 0 Å². The van der Waals surface area contributed by atoms with Gasteiger partial charge in [0, 0.05) is 19.8 Å². The number of nitrogens with zero attached hydrogens (tertiary/aromatic N) is 1. The minimum atomic E-state index is -0.983. The number of carbonyl (C=O) groups is 1. The summed E-state index contributed by atoms with van der Waals surface area (Å²) in [6.07, 6.45) is 0. The van der Waals surface area contributed by atoms with Crippen molar-refractivity contribution in [3.8, 4) is 0 Å². The molecule has 4 nitrogen and oxygen atoms in total. The molecule has 4 heteroatoms. The average molecular weight is 195 g/mol. The van der Waals surface area contributed by atoms with Crippen LogP contribution in [-0.4, -0.2) is 30.3 Å². The first-order valence-corrected chi connectivity index (χ1v) is 4.20. The molecular formula is C10H13NO3. The molecule has 0 amide bonds. The molecule has 76 valence electrons. The quantitative estimate of drug-likeness (QED) is 0.753. The summed E-state index contributed by atoms with van der Waals surface area (Å²) in [5, 5.41) is 17.7. The summed E-state index contributed by atoms with van der Waals surface area (Å²) >= 11 is 0. The van der Waals surface area contributed by atoms with Crippen LogP contribution in [0.3, 0.4) is 0 Å². The minimum Gasteiger partial charge on any atom is -0.478 e. The SMILES string of the molecule is CN(C)c1cc(CO)cc(C(=O)O)c1. The van der Waals surface area contributed by atoms with E-state index in [1.165, 1.54) is 6.07 Å². The molecule has 0 radical (unpaired) electrons. The predicted molar refractivity (Wildman–Crippen MR) is 53.7 cm³/mol. The molecule has 0 saturated heterocycles. The maximum absolute atomic E-state index is 10.7. The molecule has 0 aliphatic carbocycles. The van der Waals surface area contributed by atoms with E-state index >= 15 is 0 Å². The van der Waals surface area contributed by atoms with Gasteiger partial charge >= 0.3 is 5.97 Å². The molecular weight excluding hydrogens is 182 g/mol. The second-order valence-electron chi connectivity index (χ2n) is 3.25. The second kappa shape index (κ2) is 4.11. The van der Waals surface area contributed by atoms with Crippen LogP contribution in [-0.2, 0) is 6.61 Å². The average Bonchev–Trinajstić information content (AvgIpc) is 2.16. The Morgan fingerprint density at radius 2 is 2.00 bits per heavy atom. The molecule has 0 aliphatic heterocycles. The summed E-state index contributed by atoms with van der Waals surface area (Å²) in [4.78, 5) is 12.5. The van der Waals surface area contributed by atoms with Gasteiger partial charge in [0.25, 0.3) is 0 Å². The number of anilines is 1. The molecule has 0 unspecified atom stereocenters. The summed E-state index contributed by atoms with van der Waals surface area (Å²) in [6, 6.07) is 4.79. The van der Waals surface area contributed by atoms with Crippen molar-refractivity contribution >= 4 is 11.7 Å². The normalized spacial score (nSPS) is 9.93. The molecule has 1 aromatic rings. The number of hydrogen-bond donors (Lipinski definition) is 2. The van der Waals surface area contributed by atoms with Gasteiger partial charge in [-0.05, 0) is 23.8 Å². The number of carboxylic acids is 1. The van der Waals surface area contributed by atoms with Gasteiger partial charge in [0.05, 0.1) is 12.2 Å². The van der Waals surface area contributed by atoms with Gasteiger partial charge in [-0.25, -0.2) is 4.79 Å². The molecule has 0 bridgehead atoms. The summed E-state index contributed by atoms with van der Waals surface area (Å²) in [5.41, 5.74) is 1.57. The van der Waals surface area contributed by atoms with Gasteiger partial charge in [-0.2, -0.15) is 0 Å². The smallest absolute Gasteiger partial charge is 0.335 e. The number of aromatic carboxylic acids is 1. The van der Waals surface area contributed by atoms with Crippen LogP contribution in [0.1, 0.15) is 15.9 Å². The Morgan fingerprint density at radius 3 is 2.43 bits per heavy atom. The van der Waals surface area contributed by atoms with E-state index in [-0.39, 0.29) is 12.2 Å². The Bertz CT molecular complexity index is 347. The van der Waals surface area contributed by atoms with Gasteiger partial charge in [-0.1, -0.05) is 0 Å². The largest absolute Gasteiger partial charge is 0.478 e. The molecule has 0 spiro atoms. The third kappa shape index (κ3) is 2.23. The van der Waals surface area contributed by atoms with Crippen molar-refractivity contribution in [3.05, 3.63) is 29.3 Å². The van der Waals surface area contributed by atoms with E-state index in [2.05, 4.69) is 0 Å². The Hall–Kier alpha value is -1.55. The van der Waals surface area contributed by atoms with Crippen molar-refractivity contribution in [2.75, 3.05) is 19.0 Å². The third-order valence-electron chi connectivity index (χ3n) is 1.92. The zero-order valence-electron chi connectivity index (χ0n) is 8.19. The topological polar surface area (TPSA) is 60.8 Å². The number of rotatable bonds is 3. The van der Waals surface area contributed by atoms with Gasteiger partial charge in [0.15, 0.2) is 0 Å². The van der Waals surface area contributed by atoms with Gasteiger partial charge in [-0.3, -0.25) is 0 Å². The predicted octanol–water partition coefficient (Wildman–Crippen LogP) is 0.943. The Labute approximate surface area is 82.4 Å². The Balaban J connectivity index is 3.20. The van der Waals surface area contributed by atoms with Crippen LogP contribution in [0, 0.1) is 0 Å². The van der Waals surface area contributed by atoms with E-state index in [4.69, 9.17) is 10.2 Å². The fourth-order valence-corrected chi connectivity index (χ4v) is 1.15.